The molecule has 0 N–H and O–H groups in total. The molecule has 0 saturated heterocycles. The molecular weight excluding hydrogens is 447 g/mol. The Morgan fingerprint density at radius 1 is 0.412 bits per heavy atom. The summed E-state index contributed by atoms with van der Waals surface area (Å²) in [6, 6.07) is 47.5. The van der Waals surface area contributed by atoms with Gasteiger partial charge in [0.2, 0.25) is 0 Å². The van der Waals surface area contributed by atoms with Gasteiger partial charge in [-0.15, -0.1) is 0 Å². The molecule has 0 amide bonds. The van der Waals surface area contributed by atoms with Crippen molar-refractivity contribution in [3.8, 4) is 11.1 Å². The van der Waals surface area contributed by atoms with Gasteiger partial charge in [0.15, 0.2) is 0 Å². The lowest BCUT2D eigenvalue weighted by molar-refractivity contribution is 1.70. The van der Waals surface area contributed by atoms with E-state index in [9.17, 15) is 0 Å². The smallest absolute Gasteiger partial charge is 0.0385 e. The Bertz CT molecular complexity index is 1620. The quantitative estimate of drug-likeness (QED) is 0.242. The Labute approximate surface area is 205 Å². The summed E-state index contributed by atoms with van der Waals surface area (Å²) in [6.45, 7) is 0. The van der Waals surface area contributed by atoms with Gasteiger partial charge in [-0.1, -0.05) is 151 Å². The van der Waals surface area contributed by atoms with Crippen LogP contribution in [0.4, 0.5) is 0 Å². The van der Waals surface area contributed by atoms with Crippen LogP contribution in [-0.4, -0.2) is 0 Å². The molecule has 0 aliphatic rings. The first-order valence-corrected chi connectivity index (χ1v) is 14.3. The molecule has 6 rings (SSSR count). The van der Waals surface area contributed by atoms with Crippen molar-refractivity contribution in [1.82, 2.24) is 0 Å². The van der Waals surface area contributed by atoms with Crippen molar-refractivity contribution in [2.75, 3.05) is 0 Å². The van der Waals surface area contributed by atoms with E-state index in [4.69, 9.17) is 11.8 Å². The lowest BCUT2D eigenvalue weighted by Gasteiger charge is -2.28. The summed E-state index contributed by atoms with van der Waals surface area (Å²) >= 11 is 6.79. The van der Waals surface area contributed by atoms with Gasteiger partial charge in [0, 0.05) is 11.3 Å². The fraction of sp³-hybridized carbons (Fsp3) is 0. The maximum atomic E-state index is 6.79. The Balaban J connectivity index is 1.79. The molecule has 2 heteroatoms. The third-order valence-electron chi connectivity index (χ3n) is 6.54. The molecule has 0 spiro atoms. The van der Waals surface area contributed by atoms with Gasteiger partial charge in [-0.2, -0.15) is 0 Å². The Hall–Kier alpha value is -3.51. The van der Waals surface area contributed by atoms with E-state index in [1.807, 2.05) is 0 Å². The van der Waals surface area contributed by atoms with Crippen molar-refractivity contribution in [3.63, 3.8) is 0 Å². The van der Waals surface area contributed by atoms with Crippen molar-refractivity contribution in [2.45, 2.75) is 0 Å². The monoisotopic (exact) mass is 470 g/mol. The predicted molar refractivity (Wildman–Crippen MR) is 153 cm³/mol. The first kappa shape index (κ1) is 21.1. The minimum Gasteiger partial charge on any atom is -0.0826 e. The van der Waals surface area contributed by atoms with E-state index in [1.165, 1.54) is 48.6 Å². The summed E-state index contributed by atoms with van der Waals surface area (Å²) in [6.07, 6.45) is 0. The fourth-order valence-corrected chi connectivity index (χ4v) is 9.02. The molecular formula is C32H23PS. The van der Waals surface area contributed by atoms with Gasteiger partial charge >= 0.3 is 0 Å². The second-order valence-electron chi connectivity index (χ2n) is 8.49. The van der Waals surface area contributed by atoms with Crippen molar-refractivity contribution in [1.29, 1.82) is 0 Å². The molecule has 162 valence electrons. The summed E-state index contributed by atoms with van der Waals surface area (Å²) < 4.78 is 0. The number of fused-ring (bicyclic) bond motifs is 2. The van der Waals surface area contributed by atoms with Gasteiger partial charge in [-0.05, 0) is 43.3 Å². The maximum Gasteiger partial charge on any atom is 0.0385 e. The molecule has 0 nitrogen and oxygen atoms in total. The highest BCUT2D eigenvalue weighted by Crippen LogP contribution is 2.48. The molecule has 0 radical (unpaired) electrons. The van der Waals surface area contributed by atoms with Gasteiger partial charge in [0.1, 0.15) is 0 Å². The average Bonchev–Trinajstić information content (AvgIpc) is 2.92. The molecule has 0 aliphatic heterocycles. The summed E-state index contributed by atoms with van der Waals surface area (Å²) in [7, 11) is 0. The molecule has 0 aliphatic carbocycles. The van der Waals surface area contributed by atoms with Crippen molar-refractivity contribution in [2.24, 2.45) is 0 Å². The molecule has 0 aromatic heterocycles. The van der Waals surface area contributed by atoms with Gasteiger partial charge in [0.25, 0.3) is 0 Å². The lowest BCUT2D eigenvalue weighted by Crippen LogP contribution is -2.26. The molecule has 0 fully saturated rings. The van der Waals surface area contributed by atoms with Gasteiger partial charge in [-0.3, -0.25) is 0 Å². The minimum absolute atomic E-state index is 1.22. The van der Waals surface area contributed by atoms with Crippen molar-refractivity contribution in [3.05, 3.63) is 140 Å². The molecule has 0 unspecified atom stereocenters. The second kappa shape index (κ2) is 8.69. The SMILES string of the molecule is S=P(c1ccccc1)(c1ccccc1)c1ccc2ccccc2c1-c1cccc2ccccc12. The summed E-state index contributed by atoms with van der Waals surface area (Å²) in [5, 5.41) is 8.65. The maximum absolute atomic E-state index is 6.79. The molecule has 6 aromatic carbocycles. The van der Waals surface area contributed by atoms with E-state index >= 15 is 0 Å². The number of hydrogen-bond acceptors (Lipinski definition) is 1. The normalized spacial score (nSPS) is 11.6. The van der Waals surface area contributed by atoms with E-state index < -0.39 is 6.04 Å². The number of benzene rings is 6. The fourth-order valence-electron chi connectivity index (χ4n) is 4.95. The second-order valence-corrected chi connectivity index (χ2v) is 12.9. The zero-order valence-corrected chi connectivity index (χ0v) is 20.3. The van der Waals surface area contributed by atoms with E-state index in [-0.39, 0.29) is 0 Å². The van der Waals surface area contributed by atoms with Crippen LogP contribution in [0, 0.1) is 0 Å². The third kappa shape index (κ3) is 3.41. The Morgan fingerprint density at radius 2 is 0.912 bits per heavy atom. The van der Waals surface area contributed by atoms with Crippen LogP contribution >= 0.6 is 6.04 Å². The molecule has 34 heavy (non-hydrogen) atoms. The molecule has 0 bridgehead atoms. The Morgan fingerprint density at radius 3 is 1.56 bits per heavy atom. The highest BCUT2D eigenvalue weighted by molar-refractivity contribution is 8.25. The van der Waals surface area contributed by atoms with Crippen LogP contribution in [0.25, 0.3) is 32.7 Å². The van der Waals surface area contributed by atoms with Gasteiger partial charge < -0.3 is 0 Å². The van der Waals surface area contributed by atoms with E-state index in [0.717, 1.165) is 0 Å². The Kier molecular flexibility index (Phi) is 5.38. The van der Waals surface area contributed by atoms with Crippen molar-refractivity contribution < 1.29 is 0 Å². The third-order valence-corrected chi connectivity index (χ3v) is 11.5. The summed E-state index contributed by atoms with van der Waals surface area (Å²) in [5.41, 5.74) is 2.50. The number of hydrogen-bond donors (Lipinski definition) is 0. The molecule has 0 heterocycles. The van der Waals surface area contributed by atoms with E-state index in [1.54, 1.807) is 0 Å². The van der Waals surface area contributed by atoms with Crippen molar-refractivity contribution >= 4 is 55.3 Å². The lowest BCUT2D eigenvalue weighted by atomic mass is 9.94. The highest BCUT2D eigenvalue weighted by Gasteiger charge is 2.29. The highest BCUT2D eigenvalue weighted by atomic mass is 32.4. The standard InChI is InChI=1S/C32H23PS/c34-33(26-15-3-1-4-16-26,27-17-5-2-6-18-27)31-23-22-25-13-8-10-20-29(25)32(31)30-21-11-14-24-12-7-9-19-28(24)30/h1-23H. The van der Waals surface area contributed by atoms with Crippen LogP contribution in [0.1, 0.15) is 0 Å². The summed E-state index contributed by atoms with van der Waals surface area (Å²) in [5.74, 6) is 0. The first-order chi connectivity index (χ1) is 16.8. The molecule has 6 aromatic rings. The minimum atomic E-state index is -2.33. The predicted octanol–water partition coefficient (Wildman–Crippen LogP) is 7.42. The zero-order chi connectivity index (χ0) is 23.0. The van der Waals surface area contributed by atoms with E-state index in [2.05, 4.69) is 140 Å². The topological polar surface area (TPSA) is 0 Å². The zero-order valence-electron chi connectivity index (χ0n) is 18.6. The molecule has 0 saturated carbocycles. The number of rotatable bonds is 4. The summed E-state index contributed by atoms with van der Waals surface area (Å²) in [4.78, 5) is 0. The molecule has 0 atom stereocenters. The van der Waals surface area contributed by atoms with Crippen LogP contribution < -0.4 is 15.9 Å². The average molecular weight is 471 g/mol. The van der Waals surface area contributed by atoms with Gasteiger partial charge in [0.05, 0.1) is 0 Å². The van der Waals surface area contributed by atoms with Crippen LogP contribution in [0.5, 0.6) is 0 Å². The van der Waals surface area contributed by atoms with Crippen LogP contribution in [0.2, 0.25) is 0 Å². The van der Waals surface area contributed by atoms with E-state index in [0.29, 0.717) is 0 Å². The van der Waals surface area contributed by atoms with Crippen LogP contribution in [0.3, 0.4) is 0 Å². The van der Waals surface area contributed by atoms with Crippen LogP contribution in [0.15, 0.2) is 140 Å². The van der Waals surface area contributed by atoms with Gasteiger partial charge in [-0.25, -0.2) is 0 Å². The first-order valence-electron chi connectivity index (χ1n) is 11.5. The van der Waals surface area contributed by atoms with Crippen LogP contribution in [-0.2, 0) is 11.8 Å². The largest absolute Gasteiger partial charge is 0.0826 e.